The van der Waals surface area contributed by atoms with Gasteiger partial charge in [-0.15, -0.1) is 5.10 Å². The maximum Gasteiger partial charge on any atom is 0.230 e. The lowest BCUT2D eigenvalue weighted by atomic mass is 10.3. The van der Waals surface area contributed by atoms with Crippen LogP contribution in [0.2, 0.25) is 0 Å². The van der Waals surface area contributed by atoms with Crippen LogP contribution in [0.25, 0.3) is 0 Å². The Labute approximate surface area is 77.8 Å². The summed E-state index contributed by atoms with van der Waals surface area (Å²) in [5.41, 5.74) is 0. The summed E-state index contributed by atoms with van der Waals surface area (Å²) in [5, 5.41) is 7.57. The minimum absolute atomic E-state index is 0.616. The molecule has 0 aromatic carbocycles. The van der Waals surface area contributed by atoms with E-state index < -0.39 is 0 Å². The van der Waals surface area contributed by atoms with Crippen LogP contribution in [-0.4, -0.2) is 27.5 Å². The van der Waals surface area contributed by atoms with Crippen molar-refractivity contribution in [1.82, 2.24) is 14.8 Å². The fourth-order valence-electron chi connectivity index (χ4n) is 1.52. The summed E-state index contributed by atoms with van der Waals surface area (Å²) in [6, 6.07) is 0.616. The first kappa shape index (κ1) is 8.50. The van der Waals surface area contributed by atoms with Crippen molar-refractivity contribution in [3.8, 4) is 0 Å². The average Bonchev–Trinajstić information content (AvgIpc) is 2.42. The molecule has 5 heteroatoms. The highest BCUT2D eigenvalue weighted by atomic mass is 15.5. The van der Waals surface area contributed by atoms with Crippen LogP contribution in [0.3, 0.4) is 0 Å². The van der Waals surface area contributed by atoms with Crippen molar-refractivity contribution in [2.75, 3.05) is 12.0 Å². The van der Waals surface area contributed by atoms with Crippen molar-refractivity contribution in [3.05, 3.63) is 5.82 Å². The number of hydrogen-bond donors (Lipinski definition) is 2. The number of aryl methyl sites for hydroxylation is 1. The molecule has 1 aliphatic heterocycles. The molecule has 2 heterocycles. The number of anilines is 1. The molecule has 0 spiro atoms. The number of hydrogen-bond acceptors (Lipinski definition) is 3. The second-order valence-electron chi connectivity index (χ2n) is 3.81. The molecule has 0 fully saturated rings. The quantitative estimate of drug-likeness (QED) is 0.599. The maximum absolute atomic E-state index is 4.31. The van der Waals surface area contributed by atoms with Gasteiger partial charge < -0.3 is 5.32 Å². The molecule has 1 aromatic rings. The fourth-order valence-corrected chi connectivity index (χ4v) is 1.52. The molecule has 13 heavy (non-hydrogen) atoms. The van der Waals surface area contributed by atoms with Crippen LogP contribution in [0.1, 0.15) is 19.7 Å². The van der Waals surface area contributed by atoms with Crippen LogP contribution < -0.4 is 10.2 Å². The van der Waals surface area contributed by atoms with Gasteiger partial charge in [-0.25, -0.2) is 0 Å². The zero-order valence-electron chi connectivity index (χ0n) is 8.33. The monoisotopic (exact) mass is 182 g/mol. The van der Waals surface area contributed by atoms with Crippen LogP contribution in [0.4, 0.5) is 5.95 Å². The van der Waals surface area contributed by atoms with E-state index in [1.54, 1.807) is 0 Å². The summed E-state index contributed by atoms with van der Waals surface area (Å²) in [4.78, 5) is 5.76. The van der Waals surface area contributed by atoms with E-state index in [1.807, 2.05) is 11.6 Å². The molecule has 1 aliphatic rings. The Morgan fingerprint density at radius 3 is 3.00 bits per heavy atom. The van der Waals surface area contributed by atoms with E-state index in [-0.39, 0.29) is 0 Å². The SMILES string of the molecule is Cc1nc2n(n1)C[NH+](C(C)C)CN2. The summed E-state index contributed by atoms with van der Waals surface area (Å²) in [6.45, 7) is 8.20. The van der Waals surface area contributed by atoms with Gasteiger partial charge >= 0.3 is 0 Å². The van der Waals surface area contributed by atoms with E-state index in [2.05, 4.69) is 29.2 Å². The molecule has 5 nitrogen and oxygen atoms in total. The molecule has 2 rings (SSSR count). The molecular formula is C8H16N5+. The van der Waals surface area contributed by atoms with Crippen molar-refractivity contribution in [1.29, 1.82) is 0 Å². The van der Waals surface area contributed by atoms with Crippen molar-refractivity contribution in [2.45, 2.75) is 33.5 Å². The fraction of sp³-hybridized carbons (Fsp3) is 0.750. The van der Waals surface area contributed by atoms with Gasteiger partial charge in [0.05, 0.1) is 6.04 Å². The lowest BCUT2D eigenvalue weighted by Gasteiger charge is -2.27. The van der Waals surface area contributed by atoms with Crippen LogP contribution in [0.15, 0.2) is 0 Å². The van der Waals surface area contributed by atoms with Gasteiger partial charge in [0.2, 0.25) is 5.95 Å². The topological polar surface area (TPSA) is 47.2 Å². The third kappa shape index (κ3) is 1.51. The number of quaternary nitrogens is 1. The van der Waals surface area contributed by atoms with Crippen LogP contribution in [0.5, 0.6) is 0 Å². The molecule has 1 aromatic heterocycles. The lowest BCUT2D eigenvalue weighted by Crippen LogP contribution is -3.16. The predicted octanol–water partition coefficient (Wildman–Crippen LogP) is -0.780. The molecule has 0 aliphatic carbocycles. The van der Waals surface area contributed by atoms with Gasteiger partial charge in [0, 0.05) is 0 Å². The van der Waals surface area contributed by atoms with Gasteiger partial charge in [-0.3, -0.25) is 4.90 Å². The second kappa shape index (κ2) is 2.99. The number of fused-ring (bicyclic) bond motifs is 1. The Hall–Kier alpha value is -1.10. The molecule has 1 atom stereocenters. The zero-order chi connectivity index (χ0) is 9.42. The van der Waals surface area contributed by atoms with Crippen molar-refractivity contribution in [2.24, 2.45) is 0 Å². The first-order valence-corrected chi connectivity index (χ1v) is 4.66. The molecule has 1 unspecified atom stereocenters. The Kier molecular flexibility index (Phi) is 1.95. The van der Waals surface area contributed by atoms with Gasteiger partial charge in [0.15, 0.2) is 13.3 Å². The summed E-state index contributed by atoms with van der Waals surface area (Å²) in [7, 11) is 0. The van der Waals surface area contributed by atoms with Gasteiger partial charge in [-0.1, -0.05) is 0 Å². The van der Waals surface area contributed by atoms with Crippen LogP contribution in [0, 0.1) is 6.92 Å². The Bertz CT molecular complexity index is 303. The molecular weight excluding hydrogens is 166 g/mol. The molecule has 72 valence electrons. The summed E-state index contributed by atoms with van der Waals surface area (Å²) in [6.07, 6.45) is 0. The highest BCUT2D eigenvalue weighted by Gasteiger charge is 2.22. The third-order valence-electron chi connectivity index (χ3n) is 2.42. The number of aromatic nitrogens is 3. The number of nitrogens with one attached hydrogen (secondary N) is 2. The smallest absolute Gasteiger partial charge is 0.230 e. The number of nitrogens with zero attached hydrogens (tertiary/aromatic N) is 3. The highest BCUT2D eigenvalue weighted by molar-refractivity contribution is 5.24. The third-order valence-corrected chi connectivity index (χ3v) is 2.42. The molecule has 2 N–H and O–H groups in total. The van der Waals surface area contributed by atoms with Crippen LogP contribution >= 0.6 is 0 Å². The van der Waals surface area contributed by atoms with Crippen LogP contribution in [-0.2, 0) is 6.67 Å². The number of rotatable bonds is 1. The standard InChI is InChI=1S/C8H15N5/c1-6(2)12-4-9-8-10-7(3)11-13(8)5-12/h6H,4-5H2,1-3H3,(H,9,10,11)/p+1. The van der Waals surface area contributed by atoms with Gasteiger partial charge in [-0.2, -0.15) is 9.67 Å². The molecule has 0 bridgehead atoms. The highest BCUT2D eigenvalue weighted by Crippen LogP contribution is 2.03. The summed E-state index contributed by atoms with van der Waals surface area (Å²) in [5.74, 6) is 1.74. The van der Waals surface area contributed by atoms with Gasteiger partial charge in [0.1, 0.15) is 5.82 Å². The largest absolute Gasteiger partial charge is 0.307 e. The Balaban J connectivity index is 2.19. The van der Waals surface area contributed by atoms with E-state index >= 15 is 0 Å². The van der Waals surface area contributed by atoms with E-state index in [0.29, 0.717) is 6.04 Å². The van der Waals surface area contributed by atoms with E-state index in [9.17, 15) is 0 Å². The minimum Gasteiger partial charge on any atom is -0.307 e. The molecule has 0 amide bonds. The Morgan fingerprint density at radius 2 is 2.31 bits per heavy atom. The van der Waals surface area contributed by atoms with E-state index in [1.165, 1.54) is 4.90 Å². The minimum atomic E-state index is 0.616. The van der Waals surface area contributed by atoms with E-state index in [4.69, 9.17) is 0 Å². The lowest BCUT2D eigenvalue weighted by molar-refractivity contribution is -0.943. The van der Waals surface area contributed by atoms with E-state index in [0.717, 1.165) is 25.1 Å². The second-order valence-corrected chi connectivity index (χ2v) is 3.81. The normalized spacial score (nSPS) is 21.4. The first-order chi connectivity index (χ1) is 6.16. The van der Waals surface area contributed by atoms with Crippen molar-refractivity contribution >= 4 is 5.95 Å². The maximum atomic E-state index is 4.31. The molecule has 0 saturated heterocycles. The van der Waals surface area contributed by atoms with Crippen molar-refractivity contribution < 1.29 is 4.90 Å². The van der Waals surface area contributed by atoms with Gasteiger partial charge in [-0.05, 0) is 20.8 Å². The molecule has 0 saturated carbocycles. The van der Waals surface area contributed by atoms with Crippen molar-refractivity contribution in [3.63, 3.8) is 0 Å². The zero-order valence-corrected chi connectivity index (χ0v) is 8.33. The van der Waals surface area contributed by atoms with Gasteiger partial charge in [0.25, 0.3) is 0 Å². The predicted molar refractivity (Wildman–Crippen MR) is 49.3 cm³/mol. The molecule has 0 radical (unpaired) electrons. The first-order valence-electron chi connectivity index (χ1n) is 4.66. The Morgan fingerprint density at radius 1 is 1.54 bits per heavy atom. The summed E-state index contributed by atoms with van der Waals surface area (Å²) < 4.78 is 1.94. The average molecular weight is 182 g/mol. The summed E-state index contributed by atoms with van der Waals surface area (Å²) >= 11 is 0.